The van der Waals surface area contributed by atoms with Crippen LogP contribution in [0.3, 0.4) is 0 Å². The Kier molecular flexibility index (Phi) is 5.78. The normalized spacial score (nSPS) is 18.3. The first kappa shape index (κ1) is 21.1. The Balaban J connectivity index is 1.66. The predicted octanol–water partition coefficient (Wildman–Crippen LogP) is 4.49. The van der Waals surface area contributed by atoms with Crippen LogP contribution in [0, 0.1) is 0 Å². The predicted molar refractivity (Wildman–Crippen MR) is 124 cm³/mol. The summed E-state index contributed by atoms with van der Waals surface area (Å²) in [5, 5.41) is 3.01. The zero-order valence-corrected chi connectivity index (χ0v) is 18.6. The molecule has 4 rings (SSSR count). The van der Waals surface area contributed by atoms with E-state index in [1.165, 1.54) is 11.8 Å². The molecule has 6 nitrogen and oxygen atoms in total. The average Bonchev–Trinajstić information content (AvgIpc) is 3.26. The number of fused-ring (bicyclic) bond motifs is 1. The summed E-state index contributed by atoms with van der Waals surface area (Å²) in [6, 6.07) is 18.7. The van der Waals surface area contributed by atoms with Gasteiger partial charge >= 0.3 is 0 Å². The number of thioether (sulfide) groups is 1. The first-order valence-corrected chi connectivity index (χ1v) is 11.0. The van der Waals surface area contributed by atoms with E-state index in [2.05, 4.69) is 5.32 Å². The molecule has 1 aromatic heterocycles. The van der Waals surface area contributed by atoms with Crippen molar-refractivity contribution in [3.05, 3.63) is 78.3 Å². The number of amides is 2. The molecular weight excluding hydrogens is 410 g/mol. The molecule has 1 aliphatic heterocycles. The summed E-state index contributed by atoms with van der Waals surface area (Å²) in [6.45, 7) is 2.03. The Labute approximate surface area is 186 Å². The fourth-order valence-electron chi connectivity index (χ4n) is 3.54. The van der Waals surface area contributed by atoms with Crippen molar-refractivity contribution in [1.29, 1.82) is 0 Å². The Morgan fingerprint density at radius 3 is 2.55 bits per heavy atom. The molecule has 160 valence electrons. The zero-order chi connectivity index (χ0) is 22.0. The third kappa shape index (κ3) is 4.18. The van der Waals surface area contributed by atoms with Gasteiger partial charge in [0.25, 0.3) is 11.8 Å². The van der Waals surface area contributed by atoms with E-state index in [9.17, 15) is 9.59 Å². The lowest BCUT2D eigenvalue weighted by Gasteiger charge is -2.38. The van der Waals surface area contributed by atoms with E-state index < -0.39 is 5.54 Å². The molecule has 2 aromatic carbocycles. The maximum atomic E-state index is 13.5. The minimum absolute atomic E-state index is 0.183. The molecule has 1 aliphatic rings. The second-order valence-electron chi connectivity index (χ2n) is 7.92. The summed E-state index contributed by atoms with van der Waals surface area (Å²) in [7, 11) is 3.93. The fourth-order valence-corrected chi connectivity index (χ4v) is 4.75. The molecule has 3 aromatic rings. The Bertz CT molecular complexity index is 1080. The van der Waals surface area contributed by atoms with Crippen LogP contribution < -0.4 is 10.2 Å². The summed E-state index contributed by atoms with van der Waals surface area (Å²) in [5.41, 5.74) is 1.26. The molecule has 1 N–H and O–H groups in total. The molecule has 31 heavy (non-hydrogen) atoms. The number of rotatable bonds is 5. The van der Waals surface area contributed by atoms with Gasteiger partial charge in [0.2, 0.25) is 0 Å². The second-order valence-corrected chi connectivity index (χ2v) is 8.94. The Morgan fingerprint density at radius 1 is 1.13 bits per heavy atom. The first-order valence-electron chi connectivity index (χ1n) is 10.0. The minimum atomic E-state index is -1.08. The number of benzene rings is 2. The van der Waals surface area contributed by atoms with E-state index in [4.69, 9.17) is 4.42 Å². The van der Waals surface area contributed by atoms with Crippen molar-refractivity contribution in [2.75, 3.05) is 30.1 Å². The van der Waals surface area contributed by atoms with E-state index in [1.54, 1.807) is 17.2 Å². The number of carbonyl (C=O) groups excluding carboxylic acids is 2. The van der Waals surface area contributed by atoms with Crippen LogP contribution in [0.15, 0.2) is 76.2 Å². The number of nitrogens with zero attached hydrogens (tertiary/aromatic N) is 2. The molecule has 0 spiro atoms. The quantitative estimate of drug-likeness (QED) is 0.640. The van der Waals surface area contributed by atoms with Gasteiger partial charge in [0.15, 0.2) is 0 Å². The number of furan rings is 1. The van der Waals surface area contributed by atoms with Crippen LogP contribution in [0.1, 0.15) is 23.0 Å². The van der Waals surface area contributed by atoms with Crippen molar-refractivity contribution in [3.63, 3.8) is 0 Å². The van der Waals surface area contributed by atoms with Gasteiger partial charge < -0.3 is 19.5 Å². The molecule has 2 amide bonds. The van der Waals surface area contributed by atoms with Crippen molar-refractivity contribution in [2.24, 2.45) is 0 Å². The standard InChI is InChI=1S/C24H25N3O3S/c1-24(23(29)25-17-10-12-18(13-11-17)26(2)3)16-31-21-9-5-4-8-20(21)22(28)27(24)15-19-7-6-14-30-19/h4-14H,15-16H2,1-3H3,(H,25,29). The van der Waals surface area contributed by atoms with Crippen LogP contribution in [-0.2, 0) is 11.3 Å². The molecule has 1 unspecified atom stereocenters. The highest BCUT2D eigenvalue weighted by molar-refractivity contribution is 7.99. The maximum Gasteiger partial charge on any atom is 0.256 e. The van der Waals surface area contributed by atoms with Crippen LogP contribution in [0.4, 0.5) is 11.4 Å². The van der Waals surface area contributed by atoms with E-state index >= 15 is 0 Å². The molecular formula is C24H25N3O3S. The van der Waals surface area contributed by atoms with Crippen molar-refractivity contribution < 1.29 is 14.0 Å². The lowest BCUT2D eigenvalue weighted by molar-refractivity contribution is -0.125. The van der Waals surface area contributed by atoms with Crippen molar-refractivity contribution in [2.45, 2.75) is 23.9 Å². The lowest BCUT2D eigenvalue weighted by Crippen LogP contribution is -2.57. The summed E-state index contributed by atoms with van der Waals surface area (Å²) in [4.78, 5) is 31.6. The highest BCUT2D eigenvalue weighted by Gasteiger charge is 2.45. The largest absolute Gasteiger partial charge is 0.467 e. The number of nitrogens with one attached hydrogen (secondary N) is 1. The lowest BCUT2D eigenvalue weighted by atomic mass is 9.98. The van der Waals surface area contributed by atoms with Gasteiger partial charge in [-0.25, -0.2) is 0 Å². The van der Waals surface area contributed by atoms with E-state index in [0.717, 1.165) is 10.6 Å². The Hall–Kier alpha value is -3.19. The third-order valence-electron chi connectivity index (χ3n) is 5.49. The van der Waals surface area contributed by atoms with Gasteiger partial charge in [0.05, 0.1) is 18.4 Å². The number of carbonyl (C=O) groups is 2. The van der Waals surface area contributed by atoms with Gasteiger partial charge in [-0.15, -0.1) is 11.8 Å². The van der Waals surface area contributed by atoms with E-state index in [0.29, 0.717) is 22.8 Å². The minimum Gasteiger partial charge on any atom is -0.467 e. The smallest absolute Gasteiger partial charge is 0.256 e. The molecule has 0 fully saturated rings. The van der Waals surface area contributed by atoms with Crippen molar-refractivity contribution in [3.8, 4) is 0 Å². The zero-order valence-electron chi connectivity index (χ0n) is 17.8. The first-order chi connectivity index (χ1) is 14.9. The second kappa shape index (κ2) is 8.51. The third-order valence-corrected chi connectivity index (χ3v) is 6.87. The SMILES string of the molecule is CN(C)c1ccc(NC(=O)C2(C)CSc3ccccc3C(=O)N2Cc2ccco2)cc1. The van der Waals surface area contributed by atoms with Crippen LogP contribution in [-0.4, -0.2) is 42.1 Å². The van der Waals surface area contributed by atoms with Crippen molar-refractivity contribution in [1.82, 2.24) is 4.90 Å². The molecule has 7 heteroatoms. The van der Waals surface area contributed by atoms with Crippen LogP contribution in [0.25, 0.3) is 0 Å². The van der Waals surface area contributed by atoms with Crippen LogP contribution in [0.2, 0.25) is 0 Å². The highest BCUT2D eigenvalue weighted by Crippen LogP contribution is 2.36. The van der Waals surface area contributed by atoms with E-state index in [-0.39, 0.29) is 18.4 Å². The van der Waals surface area contributed by atoms with Crippen molar-refractivity contribution >= 4 is 35.0 Å². The number of hydrogen-bond donors (Lipinski definition) is 1. The fraction of sp³-hybridized carbons (Fsp3) is 0.250. The van der Waals surface area contributed by atoms with E-state index in [1.807, 2.05) is 80.5 Å². The van der Waals surface area contributed by atoms with Crippen LogP contribution >= 0.6 is 11.8 Å². The maximum absolute atomic E-state index is 13.5. The van der Waals surface area contributed by atoms with Gasteiger partial charge in [-0.05, 0) is 55.5 Å². The Morgan fingerprint density at radius 2 is 1.87 bits per heavy atom. The van der Waals surface area contributed by atoms with Gasteiger partial charge in [-0.2, -0.15) is 0 Å². The summed E-state index contributed by atoms with van der Waals surface area (Å²) >= 11 is 1.52. The summed E-state index contributed by atoms with van der Waals surface area (Å²) < 4.78 is 5.50. The van der Waals surface area contributed by atoms with Crippen LogP contribution in [0.5, 0.6) is 0 Å². The van der Waals surface area contributed by atoms with Gasteiger partial charge in [0.1, 0.15) is 11.3 Å². The average molecular weight is 436 g/mol. The summed E-state index contributed by atoms with van der Waals surface area (Å²) in [5.74, 6) is 0.646. The number of anilines is 2. The number of hydrogen-bond acceptors (Lipinski definition) is 5. The monoisotopic (exact) mass is 435 g/mol. The molecule has 0 saturated heterocycles. The molecule has 0 saturated carbocycles. The molecule has 0 aliphatic carbocycles. The summed E-state index contributed by atoms with van der Waals surface area (Å²) in [6.07, 6.45) is 1.57. The molecule has 1 atom stereocenters. The molecule has 0 radical (unpaired) electrons. The molecule has 2 heterocycles. The molecule has 0 bridgehead atoms. The van der Waals surface area contributed by atoms with Gasteiger partial charge in [0, 0.05) is 36.1 Å². The highest BCUT2D eigenvalue weighted by atomic mass is 32.2. The van der Waals surface area contributed by atoms with Gasteiger partial charge in [-0.1, -0.05) is 12.1 Å². The topological polar surface area (TPSA) is 65.8 Å². The van der Waals surface area contributed by atoms with Gasteiger partial charge in [-0.3, -0.25) is 9.59 Å².